The van der Waals surface area contributed by atoms with Gasteiger partial charge in [0.1, 0.15) is 11.4 Å². The first-order chi connectivity index (χ1) is 17.5. The van der Waals surface area contributed by atoms with Gasteiger partial charge in [0.15, 0.2) is 17.6 Å². The number of carbonyl (C=O) groups is 2. The van der Waals surface area contributed by atoms with Crippen LogP contribution in [0.3, 0.4) is 0 Å². The van der Waals surface area contributed by atoms with E-state index < -0.39 is 38.7 Å². The van der Waals surface area contributed by atoms with Crippen molar-refractivity contribution in [2.24, 2.45) is 0 Å². The van der Waals surface area contributed by atoms with Crippen LogP contribution in [0.4, 0.5) is 15.8 Å². The van der Waals surface area contributed by atoms with Gasteiger partial charge in [-0.1, -0.05) is 41.4 Å². The molecule has 2 N–H and O–H groups in total. The van der Waals surface area contributed by atoms with Crippen LogP contribution in [0.15, 0.2) is 59.5 Å². The fourth-order valence-corrected chi connectivity index (χ4v) is 4.56. The van der Waals surface area contributed by atoms with Gasteiger partial charge in [0.25, 0.3) is 15.9 Å². The Hall–Kier alpha value is -3.54. The minimum atomic E-state index is -4.38. The number of methoxy groups -OCH3 is 2. The van der Waals surface area contributed by atoms with Gasteiger partial charge in [-0.2, -0.15) is 0 Å². The lowest BCUT2D eigenvalue weighted by molar-refractivity contribution is -0.123. The zero-order valence-electron chi connectivity index (χ0n) is 19.7. The van der Waals surface area contributed by atoms with Crippen molar-refractivity contribution in [2.45, 2.75) is 17.9 Å². The van der Waals surface area contributed by atoms with E-state index in [-0.39, 0.29) is 38.5 Å². The van der Waals surface area contributed by atoms with Crippen LogP contribution in [0.1, 0.15) is 17.3 Å². The third kappa shape index (κ3) is 6.43. The number of rotatable bonds is 9. The van der Waals surface area contributed by atoms with Gasteiger partial charge in [-0.25, -0.2) is 17.6 Å². The van der Waals surface area contributed by atoms with Crippen molar-refractivity contribution in [3.05, 3.63) is 76.0 Å². The molecule has 1 atom stereocenters. The molecule has 0 spiro atoms. The number of nitrogens with one attached hydrogen (secondary N) is 2. The van der Waals surface area contributed by atoms with Gasteiger partial charge in [-0.15, -0.1) is 0 Å². The third-order valence-electron chi connectivity index (χ3n) is 4.96. The molecule has 9 nitrogen and oxygen atoms in total. The van der Waals surface area contributed by atoms with Crippen LogP contribution in [0.5, 0.6) is 11.5 Å². The highest BCUT2D eigenvalue weighted by atomic mass is 35.5. The highest BCUT2D eigenvalue weighted by Crippen LogP contribution is 2.36. The monoisotopic (exact) mass is 570 g/mol. The summed E-state index contributed by atoms with van der Waals surface area (Å²) in [6, 6.07) is 11.8. The summed E-state index contributed by atoms with van der Waals surface area (Å²) in [6.45, 7) is 1.30. The number of benzene rings is 3. The average molecular weight is 571 g/mol. The Balaban J connectivity index is 1.90. The minimum absolute atomic E-state index is 0.0997. The zero-order valence-corrected chi connectivity index (χ0v) is 22.0. The maximum Gasteiger partial charge on any atom is 0.342 e. The maximum absolute atomic E-state index is 14.0. The van der Waals surface area contributed by atoms with Gasteiger partial charge >= 0.3 is 5.97 Å². The van der Waals surface area contributed by atoms with Gasteiger partial charge in [0, 0.05) is 6.07 Å². The van der Waals surface area contributed by atoms with Crippen LogP contribution >= 0.6 is 23.2 Å². The summed E-state index contributed by atoms with van der Waals surface area (Å²) in [5, 5.41) is 2.81. The number of hydrogen-bond acceptors (Lipinski definition) is 7. The molecule has 1 amide bonds. The molecule has 0 unspecified atom stereocenters. The molecule has 3 aromatic rings. The summed E-state index contributed by atoms with van der Waals surface area (Å²) in [6.07, 6.45) is -1.34. The molecule has 0 aliphatic carbocycles. The van der Waals surface area contributed by atoms with Crippen LogP contribution in [0.2, 0.25) is 10.0 Å². The second-order valence-corrected chi connectivity index (χ2v) is 9.90. The van der Waals surface area contributed by atoms with Crippen molar-refractivity contribution < 1.29 is 36.6 Å². The Morgan fingerprint density at radius 1 is 0.973 bits per heavy atom. The van der Waals surface area contributed by atoms with Crippen molar-refractivity contribution in [1.29, 1.82) is 0 Å². The molecule has 0 heterocycles. The molecule has 37 heavy (non-hydrogen) atoms. The van der Waals surface area contributed by atoms with Crippen LogP contribution in [0.25, 0.3) is 0 Å². The van der Waals surface area contributed by atoms with E-state index in [1.165, 1.54) is 51.5 Å². The van der Waals surface area contributed by atoms with E-state index in [1.54, 1.807) is 6.07 Å². The first-order valence-corrected chi connectivity index (χ1v) is 12.7. The fraction of sp³-hybridized carbons (Fsp3) is 0.167. The predicted octanol–water partition coefficient (Wildman–Crippen LogP) is 5.13. The molecule has 0 aliphatic rings. The number of para-hydroxylation sites is 1. The van der Waals surface area contributed by atoms with Gasteiger partial charge < -0.3 is 19.5 Å². The summed E-state index contributed by atoms with van der Waals surface area (Å²) in [4.78, 5) is 25.2. The normalized spacial score (nSPS) is 11.8. The highest BCUT2D eigenvalue weighted by Gasteiger charge is 2.28. The number of halogens is 3. The molecule has 196 valence electrons. The lowest BCUT2D eigenvalue weighted by Crippen LogP contribution is -2.30. The Morgan fingerprint density at radius 3 is 2.30 bits per heavy atom. The van der Waals surface area contributed by atoms with E-state index in [4.69, 9.17) is 37.4 Å². The van der Waals surface area contributed by atoms with E-state index in [2.05, 4.69) is 10.0 Å². The van der Waals surface area contributed by atoms with Crippen molar-refractivity contribution in [1.82, 2.24) is 0 Å². The van der Waals surface area contributed by atoms with E-state index in [9.17, 15) is 22.4 Å². The topological polar surface area (TPSA) is 120 Å². The van der Waals surface area contributed by atoms with Crippen LogP contribution in [0, 0.1) is 5.82 Å². The second-order valence-electron chi connectivity index (χ2n) is 7.43. The number of amides is 1. The molecule has 13 heteroatoms. The minimum Gasteiger partial charge on any atom is -0.493 e. The number of ether oxygens (including phenoxy) is 3. The standard InChI is InChI=1S/C24H21Cl2FN2O7S/c1-13(23(30)28-19-10-6-7-16(25)21(19)26)36-24(31)15-11-14(12-20(34-2)22(15)35-3)37(32,33)29-18-9-5-4-8-17(18)27/h4-13,29H,1-3H3,(H,28,30)/t13-/m0/s1. The molecule has 3 aromatic carbocycles. The van der Waals surface area contributed by atoms with Gasteiger partial charge in [-0.05, 0) is 37.3 Å². The van der Waals surface area contributed by atoms with Gasteiger partial charge in [0.2, 0.25) is 0 Å². The van der Waals surface area contributed by atoms with E-state index in [1.807, 2.05) is 0 Å². The molecule has 0 aromatic heterocycles. The molecule has 0 fully saturated rings. The molecule has 0 radical (unpaired) electrons. The largest absolute Gasteiger partial charge is 0.493 e. The highest BCUT2D eigenvalue weighted by molar-refractivity contribution is 7.92. The molecule has 0 bridgehead atoms. The number of anilines is 2. The van der Waals surface area contributed by atoms with Crippen LogP contribution in [-0.2, 0) is 19.6 Å². The van der Waals surface area contributed by atoms with Crippen molar-refractivity contribution in [2.75, 3.05) is 24.3 Å². The summed E-state index contributed by atoms with van der Waals surface area (Å²) < 4.78 is 57.8. The second kappa shape index (κ2) is 11.7. The number of sulfonamides is 1. The fourth-order valence-electron chi connectivity index (χ4n) is 3.11. The SMILES string of the molecule is COc1cc(S(=O)(=O)Nc2ccccc2F)cc(C(=O)O[C@@H](C)C(=O)Nc2cccc(Cl)c2Cl)c1OC. The Labute approximate surface area is 222 Å². The van der Waals surface area contributed by atoms with Gasteiger partial charge in [-0.3, -0.25) is 9.52 Å². The van der Waals surface area contributed by atoms with E-state index >= 15 is 0 Å². The molecule has 0 saturated heterocycles. The van der Waals surface area contributed by atoms with E-state index in [0.717, 1.165) is 18.2 Å². The Kier molecular flexibility index (Phi) is 8.85. The third-order valence-corrected chi connectivity index (χ3v) is 7.13. The molecule has 0 saturated carbocycles. The number of hydrogen-bond donors (Lipinski definition) is 2. The summed E-state index contributed by atoms with van der Waals surface area (Å²) >= 11 is 12.0. The van der Waals surface area contributed by atoms with Crippen LogP contribution in [-0.4, -0.2) is 40.6 Å². The zero-order chi connectivity index (χ0) is 27.3. The summed E-state index contributed by atoms with van der Waals surface area (Å²) in [5.74, 6) is -2.87. The quantitative estimate of drug-likeness (QED) is 0.342. The van der Waals surface area contributed by atoms with Crippen molar-refractivity contribution >= 4 is 56.5 Å². The lowest BCUT2D eigenvalue weighted by Gasteiger charge is -2.18. The van der Waals surface area contributed by atoms with Crippen molar-refractivity contribution in [3.63, 3.8) is 0 Å². The number of esters is 1. The van der Waals surface area contributed by atoms with E-state index in [0.29, 0.717) is 0 Å². The predicted molar refractivity (Wildman–Crippen MR) is 137 cm³/mol. The first kappa shape index (κ1) is 28.0. The smallest absolute Gasteiger partial charge is 0.342 e. The summed E-state index contributed by atoms with van der Waals surface area (Å²) in [5.41, 5.74) is -0.448. The van der Waals surface area contributed by atoms with Gasteiger partial charge in [0.05, 0.1) is 40.5 Å². The maximum atomic E-state index is 14.0. The Bertz CT molecular complexity index is 1450. The molecular weight excluding hydrogens is 550 g/mol. The summed E-state index contributed by atoms with van der Waals surface area (Å²) in [7, 11) is -1.92. The average Bonchev–Trinajstić information content (AvgIpc) is 2.86. The Morgan fingerprint density at radius 2 is 1.65 bits per heavy atom. The number of carbonyl (C=O) groups excluding carboxylic acids is 2. The molecule has 3 rings (SSSR count). The first-order valence-electron chi connectivity index (χ1n) is 10.5. The molecular formula is C24H21Cl2FN2O7S. The van der Waals surface area contributed by atoms with Crippen LogP contribution < -0.4 is 19.5 Å². The molecule has 0 aliphatic heterocycles. The van der Waals surface area contributed by atoms with Crippen molar-refractivity contribution in [3.8, 4) is 11.5 Å². The lowest BCUT2D eigenvalue weighted by atomic mass is 10.2.